The molecule has 0 spiro atoms. The number of morpholine rings is 1. The van der Waals surface area contributed by atoms with Crippen molar-refractivity contribution in [1.29, 1.82) is 0 Å². The third kappa shape index (κ3) is 5.92. The lowest BCUT2D eigenvalue weighted by Crippen LogP contribution is -2.48. The molecule has 1 fully saturated rings. The molecule has 6 heteroatoms. The van der Waals surface area contributed by atoms with Crippen LogP contribution in [0.2, 0.25) is 5.02 Å². The Labute approximate surface area is 149 Å². The first kappa shape index (κ1) is 18.5. The summed E-state index contributed by atoms with van der Waals surface area (Å²) in [4.78, 5) is 2.46. The Morgan fingerprint density at radius 2 is 2.26 bits per heavy atom. The first-order valence-corrected chi connectivity index (χ1v) is 8.88. The van der Waals surface area contributed by atoms with Crippen molar-refractivity contribution in [2.24, 2.45) is 5.92 Å². The third-order valence-electron chi connectivity index (χ3n) is 3.85. The molecule has 0 aromatic heterocycles. The van der Waals surface area contributed by atoms with Crippen molar-refractivity contribution in [3.05, 3.63) is 28.8 Å². The number of anilines is 1. The minimum Gasteiger partial charge on any atom is -0.374 e. The van der Waals surface area contributed by atoms with Crippen molar-refractivity contribution in [2.75, 3.05) is 38.1 Å². The first-order valence-electron chi connectivity index (χ1n) is 8.09. The lowest BCUT2D eigenvalue weighted by molar-refractivity contribution is -0.0283. The van der Waals surface area contributed by atoms with E-state index in [1.807, 2.05) is 25.1 Å². The van der Waals surface area contributed by atoms with Gasteiger partial charge in [-0.25, -0.2) is 0 Å². The quantitative estimate of drug-likeness (QED) is 0.793. The Morgan fingerprint density at radius 3 is 3.00 bits per heavy atom. The summed E-state index contributed by atoms with van der Waals surface area (Å²) in [5.74, 6) is 0.676. The molecule has 1 saturated heterocycles. The SMILES string of the molecule is Cc1c(Cl)cccc1NC(=S)NC[C@H]1CN(CC(C)C)CCO1. The number of ether oxygens (including phenoxy) is 1. The maximum absolute atomic E-state index is 6.12. The van der Waals surface area contributed by atoms with Crippen LogP contribution >= 0.6 is 23.8 Å². The molecule has 0 unspecified atom stereocenters. The highest BCUT2D eigenvalue weighted by atomic mass is 35.5. The van der Waals surface area contributed by atoms with Crippen LogP contribution in [-0.4, -0.2) is 48.9 Å². The molecule has 0 bridgehead atoms. The van der Waals surface area contributed by atoms with Gasteiger partial charge in [0, 0.05) is 36.9 Å². The molecule has 0 saturated carbocycles. The summed E-state index contributed by atoms with van der Waals surface area (Å²) in [6, 6.07) is 5.75. The van der Waals surface area contributed by atoms with E-state index in [0.29, 0.717) is 17.6 Å². The van der Waals surface area contributed by atoms with Crippen LogP contribution in [0.15, 0.2) is 18.2 Å². The molecule has 1 aromatic rings. The van der Waals surface area contributed by atoms with Crippen molar-refractivity contribution in [3.8, 4) is 0 Å². The molecule has 1 heterocycles. The van der Waals surface area contributed by atoms with E-state index in [-0.39, 0.29) is 6.10 Å². The van der Waals surface area contributed by atoms with E-state index >= 15 is 0 Å². The minimum absolute atomic E-state index is 0.169. The van der Waals surface area contributed by atoms with E-state index in [0.717, 1.165) is 42.5 Å². The lowest BCUT2D eigenvalue weighted by atomic mass is 10.2. The topological polar surface area (TPSA) is 36.5 Å². The summed E-state index contributed by atoms with van der Waals surface area (Å²) >= 11 is 11.5. The van der Waals surface area contributed by atoms with Gasteiger partial charge in [0.1, 0.15) is 0 Å². The van der Waals surface area contributed by atoms with E-state index in [2.05, 4.69) is 29.4 Å². The maximum atomic E-state index is 6.12. The smallest absolute Gasteiger partial charge is 0.170 e. The molecule has 4 nitrogen and oxygen atoms in total. The fourth-order valence-electron chi connectivity index (χ4n) is 2.70. The van der Waals surface area contributed by atoms with E-state index < -0.39 is 0 Å². The maximum Gasteiger partial charge on any atom is 0.170 e. The van der Waals surface area contributed by atoms with Crippen LogP contribution in [0.1, 0.15) is 19.4 Å². The lowest BCUT2D eigenvalue weighted by Gasteiger charge is -2.34. The molecule has 0 radical (unpaired) electrons. The highest BCUT2D eigenvalue weighted by Gasteiger charge is 2.21. The van der Waals surface area contributed by atoms with Crippen LogP contribution in [0, 0.1) is 12.8 Å². The summed E-state index contributed by atoms with van der Waals surface area (Å²) in [5.41, 5.74) is 1.93. The zero-order valence-electron chi connectivity index (χ0n) is 14.1. The van der Waals surface area contributed by atoms with E-state index in [1.54, 1.807) is 0 Å². The van der Waals surface area contributed by atoms with Gasteiger partial charge in [-0.05, 0) is 42.8 Å². The van der Waals surface area contributed by atoms with Crippen LogP contribution in [-0.2, 0) is 4.74 Å². The zero-order chi connectivity index (χ0) is 16.8. The molecule has 23 heavy (non-hydrogen) atoms. The molecule has 2 rings (SSSR count). The summed E-state index contributed by atoms with van der Waals surface area (Å²) in [6.45, 7) is 11.0. The highest BCUT2D eigenvalue weighted by molar-refractivity contribution is 7.80. The summed E-state index contributed by atoms with van der Waals surface area (Å²) < 4.78 is 5.82. The van der Waals surface area contributed by atoms with Gasteiger partial charge in [0.2, 0.25) is 0 Å². The normalized spacial score (nSPS) is 18.9. The predicted molar refractivity (Wildman–Crippen MR) is 101 cm³/mol. The van der Waals surface area contributed by atoms with Crippen molar-refractivity contribution in [3.63, 3.8) is 0 Å². The number of hydrogen-bond acceptors (Lipinski definition) is 3. The predicted octanol–water partition coefficient (Wildman–Crippen LogP) is 3.29. The van der Waals surface area contributed by atoms with Gasteiger partial charge in [-0.15, -0.1) is 0 Å². The van der Waals surface area contributed by atoms with Crippen molar-refractivity contribution >= 4 is 34.6 Å². The van der Waals surface area contributed by atoms with Crippen LogP contribution in [0.25, 0.3) is 0 Å². The summed E-state index contributed by atoms with van der Waals surface area (Å²) in [6.07, 6.45) is 0.169. The second-order valence-corrected chi connectivity index (χ2v) is 7.21. The van der Waals surface area contributed by atoms with Gasteiger partial charge >= 0.3 is 0 Å². The Balaban J connectivity index is 1.79. The van der Waals surface area contributed by atoms with Gasteiger partial charge in [0.25, 0.3) is 0 Å². The standard InChI is InChI=1S/C17H26ClN3OS/c1-12(2)10-21-7-8-22-14(11-21)9-19-17(23)20-16-6-4-5-15(18)13(16)3/h4-6,12,14H,7-11H2,1-3H3,(H2,19,20,23)/t14-/m0/s1. The molecular weight excluding hydrogens is 330 g/mol. The largest absolute Gasteiger partial charge is 0.374 e. The fourth-order valence-corrected chi connectivity index (χ4v) is 3.07. The molecule has 1 aliphatic heterocycles. The molecule has 1 aliphatic rings. The average molecular weight is 356 g/mol. The van der Waals surface area contributed by atoms with E-state index in [9.17, 15) is 0 Å². The number of rotatable bonds is 5. The summed E-state index contributed by atoms with van der Waals surface area (Å²) in [7, 11) is 0. The molecule has 0 amide bonds. The number of thiocarbonyl (C=S) groups is 1. The first-order chi connectivity index (χ1) is 11.0. The van der Waals surface area contributed by atoms with Crippen molar-refractivity contribution in [2.45, 2.75) is 26.9 Å². The Hall–Kier alpha value is -0.880. The number of nitrogens with one attached hydrogen (secondary N) is 2. The second kappa shape index (κ2) is 8.83. The van der Waals surface area contributed by atoms with Crippen molar-refractivity contribution in [1.82, 2.24) is 10.2 Å². The minimum atomic E-state index is 0.169. The number of benzene rings is 1. The Bertz CT molecular complexity index is 539. The van der Waals surface area contributed by atoms with Gasteiger partial charge in [-0.2, -0.15) is 0 Å². The van der Waals surface area contributed by atoms with Gasteiger partial charge in [-0.1, -0.05) is 31.5 Å². The van der Waals surface area contributed by atoms with Crippen LogP contribution in [0.4, 0.5) is 5.69 Å². The fraction of sp³-hybridized carbons (Fsp3) is 0.588. The second-order valence-electron chi connectivity index (χ2n) is 6.39. The number of nitrogens with zero attached hydrogens (tertiary/aromatic N) is 1. The average Bonchev–Trinajstić information content (AvgIpc) is 2.50. The summed E-state index contributed by atoms with van der Waals surface area (Å²) in [5, 5.41) is 7.78. The van der Waals surface area contributed by atoms with E-state index in [1.165, 1.54) is 0 Å². The van der Waals surface area contributed by atoms with E-state index in [4.69, 9.17) is 28.6 Å². The van der Waals surface area contributed by atoms with Crippen LogP contribution in [0.5, 0.6) is 0 Å². The van der Waals surface area contributed by atoms with Crippen LogP contribution in [0.3, 0.4) is 0 Å². The van der Waals surface area contributed by atoms with Gasteiger partial charge < -0.3 is 15.4 Å². The van der Waals surface area contributed by atoms with Crippen molar-refractivity contribution < 1.29 is 4.74 Å². The molecule has 2 N–H and O–H groups in total. The monoisotopic (exact) mass is 355 g/mol. The Morgan fingerprint density at radius 1 is 1.48 bits per heavy atom. The molecule has 1 aromatic carbocycles. The molecular formula is C17H26ClN3OS. The van der Waals surface area contributed by atoms with Gasteiger partial charge in [0.15, 0.2) is 5.11 Å². The van der Waals surface area contributed by atoms with Gasteiger partial charge in [0.05, 0.1) is 12.7 Å². The highest BCUT2D eigenvalue weighted by Crippen LogP contribution is 2.22. The zero-order valence-corrected chi connectivity index (χ0v) is 15.6. The molecule has 0 aliphatic carbocycles. The number of hydrogen-bond donors (Lipinski definition) is 2. The Kier molecular flexibility index (Phi) is 7.09. The van der Waals surface area contributed by atoms with Crippen LogP contribution < -0.4 is 10.6 Å². The van der Waals surface area contributed by atoms with Gasteiger partial charge in [-0.3, -0.25) is 4.90 Å². The third-order valence-corrected chi connectivity index (χ3v) is 4.51. The number of halogens is 1. The molecule has 128 valence electrons. The molecule has 1 atom stereocenters.